The Balaban J connectivity index is 1.67. The molecule has 0 radical (unpaired) electrons. The van der Waals surface area contributed by atoms with Gasteiger partial charge in [-0.15, -0.1) is 10.2 Å². The molecule has 1 amide bonds. The van der Waals surface area contributed by atoms with Gasteiger partial charge in [0.2, 0.25) is 0 Å². The first-order chi connectivity index (χ1) is 13.1. The Morgan fingerprint density at radius 1 is 1.00 bits per heavy atom. The molecule has 140 valence electrons. The molecule has 0 aliphatic rings. The molecular formula is C21H24N4OS. The van der Waals surface area contributed by atoms with Gasteiger partial charge < -0.3 is 9.47 Å². The second-order valence-corrected chi connectivity index (χ2v) is 7.43. The van der Waals surface area contributed by atoms with Crippen molar-refractivity contribution in [3.8, 4) is 0 Å². The van der Waals surface area contributed by atoms with Crippen LogP contribution < -0.4 is 0 Å². The van der Waals surface area contributed by atoms with Crippen molar-refractivity contribution < 1.29 is 4.79 Å². The van der Waals surface area contributed by atoms with Crippen molar-refractivity contribution in [2.45, 2.75) is 30.8 Å². The van der Waals surface area contributed by atoms with Crippen LogP contribution in [0.3, 0.4) is 0 Å². The predicted molar refractivity (Wildman–Crippen MR) is 109 cm³/mol. The van der Waals surface area contributed by atoms with Crippen LogP contribution in [0.25, 0.3) is 0 Å². The van der Waals surface area contributed by atoms with Crippen molar-refractivity contribution in [3.05, 3.63) is 77.1 Å². The van der Waals surface area contributed by atoms with Crippen LogP contribution in [0.2, 0.25) is 0 Å². The second-order valence-electron chi connectivity index (χ2n) is 6.49. The Hall–Kier alpha value is -2.60. The maximum Gasteiger partial charge on any atom is 0.253 e. The minimum atomic E-state index is 0.0190. The van der Waals surface area contributed by atoms with E-state index in [1.54, 1.807) is 30.8 Å². The molecule has 0 saturated heterocycles. The number of thioether (sulfide) groups is 1. The van der Waals surface area contributed by atoms with Crippen molar-refractivity contribution in [3.63, 3.8) is 0 Å². The molecule has 27 heavy (non-hydrogen) atoms. The second kappa shape index (κ2) is 8.86. The summed E-state index contributed by atoms with van der Waals surface area (Å²) >= 11 is 1.67. The third-order valence-corrected chi connectivity index (χ3v) is 5.33. The molecule has 1 aromatic heterocycles. The summed E-state index contributed by atoms with van der Waals surface area (Å²) in [7, 11) is 3.52. The van der Waals surface area contributed by atoms with Crippen LogP contribution in [-0.4, -0.2) is 39.7 Å². The van der Waals surface area contributed by atoms with E-state index in [1.807, 2.05) is 42.5 Å². The fraction of sp³-hybridized carbons (Fsp3) is 0.286. The number of aromatic nitrogens is 3. The zero-order chi connectivity index (χ0) is 19.2. The van der Waals surface area contributed by atoms with E-state index in [1.165, 1.54) is 5.56 Å². The molecule has 0 fully saturated rings. The Labute approximate surface area is 164 Å². The van der Waals surface area contributed by atoms with Crippen molar-refractivity contribution in [1.29, 1.82) is 0 Å². The van der Waals surface area contributed by atoms with E-state index in [9.17, 15) is 4.79 Å². The van der Waals surface area contributed by atoms with Gasteiger partial charge in [-0.1, -0.05) is 54.2 Å². The van der Waals surface area contributed by atoms with E-state index in [0.29, 0.717) is 5.56 Å². The molecule has 0 saturated carbocycles. The van der Waals surface area contributed by atoms with Gasteiger partial charge in [0.15, 0.2) is 5.16 Å². The van der Waals surface area contributed by atoms with Crippen LogP contribution in [0.15, 0.2) is 59.8 Å². The zero-order valence-corrected chi connectivity index (χ0v) is 16.7. The van der Waals surface area contributed by atoms with Crippen molar-refractivity contribution in [1.82, 2.24) is 19.7 Å². The van der Waals surface area contributed by atoms with Crippen LogP contribution in [-0.2, 0) is 18.7 Å². The lowest BCUT2D eigenvalue weighted by atomic mass is 10.1. The molecule has 0 aliphatic carbocycles. The quantitative estimate of drug-likeness (QED) is 0.584. The first-order valence-electron chi connectivity index (χ1n) is 8.98. The molecule has 6 heteroatoms. The van der Waals surface area contributed by atoms with Gasteiger partial charge in [0.1, 0.15) is 5.82 Å². The molecule has 5 nitrogen and oxygen atoms in total. The molecule has 0 bridgehead atoms. The lowest BCUT2D eigenvalue weighted by Crippen LogP contribution is -2.21. The standard InChI is InChI=1S/C21H24N4OS/c1-4-25-19(14-16-8-6-5-7-9-16)22-23-21(25)27-15-17-10-12-18(13-11-17)20(26)24(2)3/h5-13H,4,14-15H2,1-3H3. The smallest absolute Gasteiger partial charge is 0.253 e. The summed E-state index contributed by atoms with van der Waals surface area (Å²) in [6.07, 6.45) is 0.781. The molecule has 0 aliphatic heterocycles. The summed E-state index contributed by atoms with van der Waals surface area (Å²) in [6, 6.07) is 18.1. The first kappa shape index (κ1) is 19.2. The zero-order valence-electron chi connectivity index (χ0n) is 15.9. The van der Waals surface area contributed by atoms with Gasteiger partial charge in [-0.3, -0.25) is 4.79 Å². The highest BCUT2D eigenvalue weighted by Crippen LogP contribution is 2.23. The van der Waals surface area contributed by atoms with E-state index in [2.05, 4.69) is 33.8 Å². The number of carbonyl (C=O) groups excluding carboxylic acids is 1. The van der Waals surface area contributed by atoms with E-state index in [0.717, 1.165) is 35.3 Å². The highest BCUT2D eigenvalue weighted by Gasteiger charge is 2.12. The molecule has 3 rings (SSSR count). The van der Waals surface area contributed by atoms with E-state index in [4.69, 9.17) is 0 Å². The normalized spacial score (nSPS) is 10.8. The van der Waals surface area contributed by atoms with E-state index >= 15 is 0 Å². The minimum Gasteiger partial charge on any atom is -0.345 e. The predicted octanol–water partition coefficient (Wildman–Crippen LogP) is 3.88. The summed E-state index contributed by atoms with van der Waals surface area (Å²) in [5.74, 6) is 1.79. The molecule has 1 heterocycles. The largest absolute Gasteiger partial charge is 0.345 e. The third-order valence-electron chi connectivity index (χ3n) is 4.29. The Morgan fingerprint density at radius 2 is 1.70 bits per heavy atom. The number of benzene rings is 2. The van der Waals surface area contributed by atoms with Crippen LogP contribution in [0.5, 0.6) is 0 Å². The number of hydrogen-bond donors (Lipinski definition) is 0. The molecule has 0 N–H and O–H groups in total. The van der Waals surface area contributed by atoms with Crippen molar-refractivity contribution in [2.75, 3.05) is 14.1 Å². The van der Waals surface area contributed by atoms with Gasteiger partial charge in [-0.2, -0.15) is 0 Å². The van der Waals surface area contributed by atoms with Gasteiger partial charge in [-0.05, 0) is 30.2 Å². The molecule has 3 aromatic rings. The summed E-state index contributed by atoms with van der Waals surface area (Å²) in [4.78, 5) is 13.6. The lowest BCUT2D eigenvalue weighted by molar-refractivity contribution is 0.0827. The average molecular weight is 381 g/mol. The summed E-state index contributed by atoms with van der Waals surface area (Å²) < 4.78 is 2.17. The number of amides is 1. The molecule has 0 spiro atoms. The lowest BCUT2D eigenvalue weighted by Gasteiger charge is -2.10. The molecule has 0 unspecified atom stereocenters. The monoisotopic (exact) mass is 380 g/mol. The van der Waals surface area contributed by atoms with Crippen molar-refractivity contribution in [2.24, 2.45) is 0 Å². The Morgan fingerprint density at radius 3 is 2.33 bits per heavy atom. The van der Waals surface area contributed by atoms with Gasteiger partial charge in [-0.25, -0.2) is 0 Å². The number of rotatable bonds is 7. The number of carbonyl (C=O) groups is 1. The molecule has 2 aromatic carbocycles. The van der Waals surface area contributed by atoms with Gasteiger partial charge in [0.05, 0.1) is 0 Å². The van der Waals surface area contributed by atoms with Crippen LogP contribution in [0.4, 0.5) is 0 Å². The number of nitrogens with zero attached hydrogens (tertiary/aromatic N) is 4. The van der Waals surface area contributed by atoms with Crippen molar-refractivity contribution >= 4 is 17.7 Å². The molecular weight excluding hydrogens is 356 g/mol. The highest BCUT2D eigenvalue weighted by molar-refractivity contribution is 7.98. The highest BCUT2D eigenvalue weighted by atomic mass is 32.2. The maximum atomic E-state index is 12.0. The minimum absolute atomic E-state index is 0.0190. The fourth-order valence-electron chi connectivity index (χ4n) is 2.80. The average Bonchev–Trinajstić information content (AvgIpc) is 3.08. The van der Waals surface area contributed by atoms with E-state index in [-0.39, 0.29) is 5.91 Å². The van der Waals surface area contributed by atoms with Crippen LogP contribution in [0, 0.1) is 0 Å². The summed E-state index contributed by atoms with van der Waals surface area (Å²) in [5, 5.41) is 9.70. The summed E-state index contributed by atoms with van der Waals surface area (Å²) in [6.45, 7) is 2.96. The Kier molecular flexibility index (Phi) is 6.29. The first-order valence-corrected chi connectivity index (χ1v) is 9.96. The molecule has 0 atom stereocenters. The maximum absolute atomic E-state index is 12.0. The van der Waals surface area contributed by atoms with Crippen LogP contribution >= 0.6 is 11.8 Å². The van der Waals surface area contributed by atoms with Crippen LogP contribution in [0.1, 0.15) is 34.2 Å². The SMILES string of the molecule is CCn1c(Cc2ccccc2)nnc1SCc1ccc(C(=O)N(C)C)cc1. The van der Waals surface area contributed by atoms with E-state index < -0.39 is 0 Å². The fourth-order valence-corrected chi connectivity index (χ4v) is 3.78. The summed E-state index contributed by atoms with van der Waals surface area (Å²) in [5.41, 5.74) is 3.10. The third kappa shape index (κ3) is 4.77. The Bertz CT molecular complexity index is 888. The topological polar surface area (TPSA) is 51.0 Å². The number of hydrogen-bond acceptors (Lipinski definition) is 4. The van der Waals surface area contributed by atoms with Gasteiger partial charge in [0, 0.05) is 38.4 Å². The van der Waals surface area contributed by atoms with Gasteiger partial charge in [0.25, 0.3) is 5.91 Å². The van der Waals surface area contributed by atoms with Gasteiger partial charge >= 0.3 is 0 Å².